The van der Waals surface area contributed by atoms with Crippen molar-refractivity contribution in [3.05, 3.63) is 39.7 Å². The van der Waals surface area contributed by atoms with Crippen LogP contribution < -0.4 is 5.32 Å². The van der Waals surface area contributed by atoms with Gasteiger partial charge in [0.1, 0.15) is 5.82 Å². The second kappa shape index (κ2) is 6.83. The van der Waals surface area contributed by atoms with Gasteiger partial charge in [-0.3, -0.25) is 14.9 Å². The number of nitrogens with zero attached hydrogens (tertiary/aromatic N) is 1. The topological polar surface area (TPSA) is 81.5 Å². The number of halogens is 1. The van der Waals surface area contributed by atoms with E-state index in [1.807, 2.05) is 0 Å². The monoisotopic (exact) mass is 310 g/mol. The molecular weight excluding hydrogens is 291 g/mol. The third-order valence-electron chi connectivity index (χ3n) is 3.85. The Balaban J connectivity index is 1.99. The van der Waals surface area contributed by atoms with Gasteiger partial charge < -0.3 is 10.1 Å². The molecule has 2 atom stereocenters. The Morgan fingerprint density at radius 2 is 2.27 bits per heavy atom. The minimum absolute atomic E-state index is 0.0852. The molecular formula is C15H19FN2O4. The molecule has 0 saturated carbocycles. The molecule has 0 bridgehead atoms. The largest absolute Gasteiger partial charge is 0.378 e. The van der Waals surface area contributed by atoms with E-state index >= 15 is 0 Å². The molecule has 1 N–H and O–H groups in total. The van der Waals surface area contributed by atoms with E-state index in [0.717, 1.165) is 24.6 Å². The number of hydrogen-bond acceptors (Lipinski definition) is 4. The van der Waals surface area contributed by atoms with E-state index < -0.39 is 16.6 Å². The van der Waals surface area contributed by atoms with Crippen molar-refractivity contribution in [2.24, 2.45) is 11.8 Å². The summed E-state index contributed by atoms with van der Waals surface area (Å²) >= 11 is 0. The fraction of sp³-hybridized carbons (Fsp3) is 0.533. The molecule has 0 spiro atoms. The van der Waals surface area contributed by atoms with Gasteiger partial charge in [-0.2, -0.15) is 0 Å². The molecule has 0 radical (unpaired) electrons. The number of benzene rings is 1. The Labute approximate surface area is 127 Å². The zero-order valence-corrected chi connectivity index (χ0v) is 12.5. The van der Waals surface area contributed by atoms with Crippen molar-refractivity contribution < 1.29 is 18.8 Å². The number of non-ortho nitro benzene ring substituents is 1. The first kappa shape index (κ1) is 16.4. The molecule has 6 nitrogen and oxygen atoms in total. The Hall–Kier alpha value is -2.02. The minimum atomic E-state index is -0.894. The maximum absolute atomic E-state index is 13.8. The smallest absolute Gasteiger partial charge is 0.272 e. The number of carbonyl (C=O) groups excluding carboxylic acids is 1. The van der Waals surface area contributed by atoms with Crippen molar-refractivity contribution >= 4 is 11.6 Å². The highest BCUT2D eigenvalue weighted by molar-refractivity contribution is 5.94. The van der Waals surface area contributed by atoms with Crippen molar-refractivity contribution in [2.75, 3.05) is 13.2 Å². The molecule has 1 aliphatic rings. The SMILES string of the molecule is CC(C)[C@H]1OCC[C@H]1CNC(=O)c1ccc([N+](=O)[O-])cc1F. The van der Waals surface area contributed by atoms with Crippen molar-refractivity contribution in [1.29, 1.82) is 0 Å². The van der Waals surface area contributed by atoms with Crippen LogP contribution in [0.4, 0.5) is 10.1 Å². The summed E-state index contributed by atoms with van der Waals surface area (Å²) in [6, 6.07) is 3.01. The van der Waals surface area contributed by atoms with Crippen LogP contribution in [0.5, 0.6) is 0 Å². The average Bonchev–Trinajstić information content (AvgIpc) is 2.93. The van der Waals surface area contributed by atoms with Crippen molar-refractivity contribution in [2.45, 2.75) is 26.4 Å². The number of rotatable bonds is 5. The second-order valence-electron chi connectivity index (χ2n) is 5.76. The molecule has 1 aromatic rings. The van der Waals surface area contributed by atoms with Gasteiger partial charge in [0.15, 0.2) is 0 Å². The third kappa shape index (κ3) is 3.59. The normalized spacial score (nSPS) is 21.1. The first-order chi connectivity index (χ1) is 10.4. The molecule has 22 heavy (non-hydrogen) atoms. The molecule has 0 aromatic heterocycles. The van der Waals surface area contributed by atoms with E-state index in [1.54, 1.807) is 0 Å². The van der Waals surface area contributed by atoms with Gasteiger partial charge >= 0.3 is 0 Å². The number of ether oxygens (including phenoxy) is 1. The first-order valence-corrected chi connectivity index (χ1v) is 7.24. The van der Waals surface area contributed by atoms with E-state index in [4.69, 9.17) is 4.74 Å². The van der Waals surface area contributed by atoms with Crippen molar-refractivity contribution in [3.63, 3.8) is 0 Å². The van der Waals surface area contributed by atoms with Crippen molar-refractivity contribution in [3.8, 4) is 0 Å². The predicted octanol–water partition coefficient (Wildman–Crippen LogP) is 2.52. The van der Waals surface area contributed by atoms with Gasteiger partial charge in [0.05, 0.1) is 22.7 Å². The lowest BCUT2D eigenvalue weighted by Gasteiger charge is -2.22. The van der Waals surface area contributed by atoms with Crippen LogP contribution in [0.3, 0.4) is 0 Å². The van der Waals surface area contributed by atoms with E-state index in [1.165, 1.54) is 0 Å². The Bertz CT molecular complexity index is 577. The summed E-state index contributed by atoms with van der Waals surface area (Å²) < 4.78 is 19.4. The van der Waals surface area contributed by atoms with Crippen LogP contribution in [0.15, 0.2) is 18.2 Å². The maximum atomic E-state index is 13.8. The van der Waals surface area contributed by atoms with Crippen LogP contribution in [0.1, 0.15) is 30.6 Å². The maximum Gasteiger partial charge on any atom is 0.272 e. The summed E-state index contributed by atoms with van der Waals surface area (Å²) in [5.74, 6) is -0.915. The van der Waals surface area contributed by atoms with E-state index in [-0.39, 0.29) is 23.3 Å². The number of nitrogens with one attached hydrogen (secondary N) is 1. The zero-order valence-electron chi connectivity index (χ0n) is 12.5. The number of nitro benzene ring substituents is 1. The Kier molecular flexibility index (Phi) is 5.07. The number of carbonyl (C=O) groups is 1. The fourth-order valence-electron chi connectivity index (χ4n) is 2.73. The van der Waals surface area contributed by atoms with Crippen LogP contribution in [-0.2, 0) is 4.74 Å². The van der Waals surface area contributed by atoms with Crippen LogP contribution in [0, 0.1) is 27.8 Å². The minimum Gasteiger partial charge on any atom is -0.378 e. The zero-order chi connectivity index (χ0) is 16.3. The molecule has 1 heterocycles. The summed E-state index contributed by atoms with van der Waals surface area (Å²) in [6.45, 7) is 5.18. The standard InChI is InChI=1S/C15H19FN2O4/c1-9(2)14-10(5-6-22-14)8-17-15(19)12-4-3-11(18(20)21)7-13(12)16/h3-4,7,9-10,14H,5-6,8H2,1-2H3,(H,17,19)/t10-,14+/m0/s1. The highest BCUT2D eigenvalue weighted by Crippen LogP contribution is 2.26. The summed E-state index contributed by atoms with van der Waals surface area (Å²) in [7, 11) is 0. The molecule has 120 valence electrons. The fourth-order valence-corrected chi connectivity index (χ4v) is 2.73. The molecule has 1 aliphatic heterocycles. The third-order valence-corrected chi connectivity index (χ3v) is 3.85. The highest BCUT2D eigenvalue weighted by atomic mass is 19.1. The second-order valence-corrected chi connectivity index (χ2v) is 5.76. The summed E-state index contributed by atoms with van der Waals surface area (Å²) in [4.78, 5) is 21.9. The van der Waals surface area contributed by atoms with Gasteiger partial charge in [-0.15, -0.1) is 0 Å². The van der Waals surface area contributed by atoms with Crippen molar-refractivity contribution in [1.82, 2.24) is 5.32 Å². The quantitative estimate of drug-likeness (QED) is 0.669. The van der Waals surface area contributed by atoms with Crippen LogP contribution in [-0.4, -0.2) is 30.1 Å². The van der Waals surface area contributed by atoms with E-state index in [9.17, 15) is 19.3 Å². The first-order valence-electron chi connectivity index (χ1n) is 7.24. The Morgan fingerprint density at radius 3 is 2.86 bits per heavy atom. The number of nitro groups is 1. The number of amides is 1. The molecule has 0 unspecified atom stereocenters. The van der Waals surface area contributed by atoms with Gasteiger partial charge in [0.2, 0.25) is 0 Å². The number of hydrogen-bond donors (Lipinski definition) is 1. The van der Waals surface area contributed by atoms with E-state index in [2.05, 4.69) is 19.2 Å². The average molecular weight is 310 g/mol. The van der Waals surface area contributed by atoms with Crippen LogP contribution in [0.2, 0.25) is 0 Å². The Morgan fingerprint density at radius 1 is 1.55 bits per heavy atom. The predicted molar refractivity (Wildman–Crippen MR) is 78.1 cm³/mol. The molecule has 1 fully saturated rings. The molecule has 2 rings (SSSR count). The van der Waals surface area contributed by atoms with E-state index in [0.29, 0.717) is 19.1 Å². The lowest BCUT2D eigenvalue weighted by atomic mass is 9.93. The molecule has 1 aromatic carbocycles. The van der Waals surface area contributed by atoms with Crippen LogP contribution >= 0.6 is 0 Å². The summed E-state index contributed by atoms with van der Waals surface area (Å²) in [5.41, 5.74) is -0.566. The van der Waals surface area contributed by atoms with Gasteiger partial charge in [-0.05, 0) is 18.4 Å². The lowest BCUT2D eigenvalue weighted by Crippen LogP contribution is -2.35. The molecule has 0 aliphatic carbocycles. The molecule has 1 amide bonds. The summed E-state index contributed by atoms with van der Waals surface area (Å²) in [6.07, 6.45) is 0.938. The summed E-state index contributed by atoms with van der Waals surface area (Å²) in [5, 5.41) is 13.2. The van der Waals surface area contributed by atoms with Gasteiger partial charge in [0.25, 0.3) is 11.6 Å². The van der Waals surface area contributed by atoms with Gasteiger partial charge in [-0.1, -0.05) is 13.8 Å². The van der Waals surface area contributed by atoms with Gasteiger partial charge in [-0.25, -0.2) is 4.39 Å². The highest BCUT2D eigenvalue weighted by Gasteiger charge is 2.31. The van der Waals surface area contributed by atoms with Crippen LogP contribution in [0.25, 0.3) is 0 Å². The molecule has 7 heteroatoms. The molecule has 1 saturated heterocycles. The van der Waals surface area contributed by atoms with Gasteiger partial charge in [0, 0.05) is 25.1 Å². The lowest BCUT2D eigenvalue weighted by molar-refractivity contribution is -0.385.